The Bertz CT molecular complexity index is 1040. The molecule has 2 aromatic heterocycles. The number of amides is 1. The fraction of sp³-hybridized carbons (Fsp3) is 0.316. The lowest BCUT2D eigenvalue weighted by Crippen LogP contribution is -2.20. The van der Waals surface area contributed by atoms with Crippen LogP contribution in [-0.4, -0.2) is 20.7 Å². The topological polar surface area (TPSA) is 59.8 Å². The molecule has 1 N–H and O–H groups in total. The highest BCUT2D eigenvalue weighted by Gasteiger charge is 2.40. The Labute approximate surface area is 173 Å². The van der Waals surface area contributed by atoms with Gasteiger partial charge in [0.15, 0.2) is 10.8 Å². The maximum atomic E-state index is 13.8. The molecule has 0 radical (unpaired) electrons. The first-order valence-electron chi connectivity index (χ1n) is 9.04. The maximum absolute atomic E-state index is 13.8. The summed E-state index contributed by atoms with van der Waals surface area (Å²) in [4.78, 5) is 18.1. The second-order valence-corrected chi connectivity index (χ2v) is 8.22. The van der Waals surface area contributed by atoms with Crippen molar-refractivity contribution in [2.45, 2.75) is 38.3 Å². The van der Waals surface area contributed by atoms with Crippen molar-refractivity contribution in [1.29, 1.82) is 0 Å². The van der Waals surface area contributed by atoms with E-state index in [-0.39, 0.29) is 10.7 Å². The molecule has 2 heterocycles. The number of thiazole rings is 1. The fourth-order valence-corrected chi connectivity index (χ4v) is 4.57. The van der Waals surface area contributed by atoms with Gasteiger partial charge in [-0.05, 0) is 43.9 Å². The molecule has 0 unspecified atom stereocenters. The van der Waals surface area contributed by atoms with Gasteiger partial charge < -0.3 is 0 Å². The van der Waals surface area contributed by atoms with Crippen LogP contribution in [0.15, 0.2) is 30.5 Å². The molecular formula is C19H16ClF3N4OS. The van der Waals surface area contributed by atoms with Gasteiger partial charge in [0.1, 0.15) is 0 Å². The summed E-state index contributed by atoms with van der Waals surface area (Å²) in [6.45, 7) is 0. The van der Waals surface area contributed by atoms with Crippen LogP contribution in [0.4, 0.5) is 18.3 Å². The summed E-state index contributed by atoms with van der Waals surface area (Å²) in [6.07, 6.45) is 1.03. The van der Waals surface area contributed by atoms with Crippen molar-refractivity contribution in [3.05, 3.63) is 57.3 Å². The lowest BCUT2D eigenvalue weighted by Gasteiger charge is -2.12. The first kappa shape index (κ1) is 19.9. The van der Waals surface area contributed by atoms with Crippen LogP contribution in [0.1, 0.15) is 45.9 Å². The van der Waals surface area contributed by atoms with Crippen LogP contribution in [0.2, 0.25) is 5.02 Å². The van der Waals surface area contributed by atoms with Gasteiger partial charge in [-0.25, -0.2) is 9.67 Å². The summed E-state index contributed by atoms with van der Waals surface area (Å²) in [6, 6.07) is 5.85. The number of nitrogens with zero attached hydrogens (tertiary/aromatic N) is 3. The highest BCUT2D eigenvalue weighted by molar-refractivity contribution is 7.15. The van der Waals surface area contributed by atoms with E-state index in [4.69, 9.17) is 11.6 Å². The molecule has 0 saturated heterocycles. The lowest BCUT2D eigenvalue weighted by atomic mass is 10.2. The Balaban J connectivity index is 1.67. The number of carbonyl (C=O) groups excluding carboxylic acids is 1. The number of alkyl halides is 3. The first-order chi connectivity index (χ1) is 13.8. The molecule has 152 valence electrons. The maximum Gasteiger partial charge on any atom is 0.434 e. The van der Waals surface area contributed by atoms with E-state index in [9.17, 15) is 18.0 Å². The van der Waals surface area contributed by atoms with Crippen LogP contribution in [0, 0.1) is 0 Å². The molecule has 1 aliphatic rings. The van der Waals surface area contributed by atoms with Gasteiger partial charge in [0.25, 0.3) is 5.91 Å². The third-order valence-corrected chi connectivity index (χ3v) is 5.96. The smallest absolute Gasteiger partial charge is 0.298 e. The minimum atomic E-state index is -4.79. The Morgan fingerprint density at radius 1 is 1.21 bits per heavy atom. The molecule has 1 amide bonds. The van der Waals surface area contributed by atoms with E-state index in [0.29, 0.717) is 9.81 Å². The number of fused-ring (bicyclic) bond motifs is 1. The predicted octanol–water partition coefficient (Wildman–Crippen LogP) is 5.52. The average molecular weight is 441 g/mol. The predicted molar refractivity (Wildman–Crippen MR) is 105 cm³/mol. The Morgan fingerprint density at radius 2 is 2.00 bits per heavy atom. The summed E-state index contributed by atoms with van der Waals surface area (Å²) >= 11 is 7.21. The van der Waals surface area contributed by atoms with Crippen molar-refractivity contribution in [3.8, 4) is 5.69 Å². The van der Waals surface area contributed by atoms with Crippen LogP contribution < -0.4 is 5.32 Å². The summed E-state index contributed by atoms with van der Waals surface area (Å²) in [5.74, 6) is -0.894. The molecule has 10 heteroatoms. The van der Waals surface area contributed by atoms with Gasteiger partial charge >= 0.3 is 6.18 Å². The summed E-state index contributed by atoms with van der Waals surface area (Å²) < 4.78 is 42.0. The largest absolute Gasteiger partial charge is 0.434 e. The van der Waals surface area contributed by atoms with Gasteiger partial charge in [0, 0.05) is 9.90 Å². The van der Waals surface area contributed by atoms with Gasteiger partial charge in [-0.3, -0.25) is 10.1 Å². The Morgan fingerprint density at radius 3 is 2.76 bits per heavy atom. The number of hydrogen-bond acceptors (Lipinski definition) is 4. The van der Waals surface area contributed by atoms with E-state index < -0.39 is 23.3 Å². The average Bonchev–Trinajstić information content (AvgIpc) is 3.20. The van der Waals surface area contributed by atoms with Crippen LogP contribution in [0.25, 0.3) is 5.69 Å². The molecule has 5 nitrogen and oxygen atoms in total. The zero-order valence-electron chi connectivity index (χ0n) is 15.1. The molecule has 1 aliphatic carbocycles. The van der Waals surface area contributed by atoms with Crippen LogP contribution in [-0.2, 0) is 19.0 Å². The van der Waals surface area contributed by atoms with Crippen molar-refractivity contribution in [1.82, 2.24) is 14.8 Å². The van der Waals surface area contributed by atoms with E-state index in [0.717, 1.165) is 48.9 Å². The van der Waals surface area contributed by atoms with E-state index in [1.165, 1.54) is 29.5 Å². The Hall–Kier alpha value is -2.39. The molecule has 0 fully saturated rings. The number of rotatable bonds is 3. The summed E-state index contributed by atoms with van der Waals surface area (Å²) in [5.41, 5.74) is -0.684. The minimum Gasteiger partial charge on any atom is -0.298 e. The Kier molecular flexibility index (Phi) is 5.35. The molecule has 29 heavy (non-hydrogen) atoms. The normalized spacial score (nSPS) is 14.3. The lowest BCUT2D eigenvalue weighted by molar-refractivity contribution is -0.143. The molecule has 0 spiro atoms. The number of aryl methyl sites for hydroxylation is 2. The van der Waals surface area contributed by atoms with Crippen LogP contribution in [0.5, 0.6) is 0 Å². The second kappa shape index (κ2) is 7.79. The monoisotopic (exact) mass is 440 g/mol. The van der Waals surface area contributed by atoms with E-state index in [1.807, 2.05) is 0 Å². The minimum absolute atomic E-state index is 0.116. The van der Waals surface area contributed by atoms with Crippen molar-refractivity contribution in [2.24, 2.45) is 0 Å². The molecule has 1 aromatic carbocycles. The standard InChI is InChI=1S/C19H16ClF3N4OS/c20-11-5-4-6-12(9-11)27-16(19(21,22)23)13(10-24-27)17(28)26-18-25-14-7-2-1-3-8-15(14)29-18/h4-6,9-10H,1-3,7-8H2,(H,25,26,28). The zero-order valence-corrected chi connectivity index (χ0v) is 16.7. The molecule has 0 bridgehead atoms. The van der Waals surface area contributed by atoms with Gasteiger partial charge in [-0.15, -0.1) is 11.3 Å². The van der Waals surface area contributed by atoms with E-state index in [1.54, 1.807) is 6.07 Å². The highest BCUT2D eigenvalue weighted by Crippen LogP contribution is 2.35. The number of halogens is 4. The number of aromatic nitrogens is 3. The summed E-state index contributed by atoms with van der Waals surface area (Å²) in [7, 11) is 0. The third-order valence-electron chi connectivity index (χ3n) is 4.65. The number of anilines is 1. The van der Waals surface area contributed by atoms with Gasteiger partial charge in [0.2, 0.25) is 0 Å². The number of hydrogen-bond donors (Lipinski definition) is 1. The molecule has 3 aromatic rings. The zero-order chi connectivity index (χ0) is 20.6. The van der Waals surface area contributed by atoms with E-state index in [2.05, 4.69) is 15.4 Å². The molecule has 0 atom stereocenters. The second-order valence-electron chi connectivity index (χ2n) is 6.70. The first-order valence-corrected chi connectivity index (χ1v) is 10.2. The van der Waals surface area contributed by atoms with Crippen LogP contribution in [0.3, 0.4) is 0 Å². The van der Waals surface area contributed by atoms with Gasteiger partial charge in [0.05, 0.1) is 23.1 Å². The molecular weight excluding hydrogens is 425 g/mol. The van der Waals surface area contributed by atoms with Gasteiger partial charge in [-0.2, -0.15) is 18.3 Å². The number of carbonyl (C=O) groups is 1. The number of benzene rings is 1. The van der Waals surface area contributed by atoms with E-state index >= 15 is 0 Å². The molecule has 0 aliphatic heterocycles. The van der Waals surface area contributed by atoms with Gasteiger partial charge in [-0.1, -0.05) is 24.1 Å². The number of nitrogens with one attached hydrogen (secondary N) is 1. The quantitative estimate of drug-likeness (QED) is 0.545. The third kappa shape index (κ3) is 4.16. The fourth-order valence-electron chi connectivity index (χ4n) is 3.34. The van der Waals surface area contributed by atoms with Crippen molar-refractivity contribution in [2.75, 3.05) is 5.32 Å². The van der Waals surface area contributed by atoms with Crippen molar-refractivity contribution >= 4 is 34.0 Å². The van der Waals surface area contributed by atoms with Crippen molar-refractivity contribution < 1.29 is 18.0 Å². The summed E-state index contributed by atoms with van der Waals surface area (Å²) in [5, 5.41) is 6.88. The highest BCUT2D eigenvalue weighted by atomic mass is 35.5. The molecule has 0 saturated carbocycles. The van der Waals surface area contributed by atoms with Crippen molar-refractivity contribution in [3.63, 3.8) is 0 Å². The molecule has 4 rings (SSSR count). The van der Waals surface area contributed by atoms with Crippen LogP contribution >= 0.6 is 22.9 Å². The SMILES string of the molecule is O=C(Nc1nc2c(s1)CCCCC2)c1cnn(-c2cccc(Cl)c2)c1C(F)(F)F.